The first-order chi connectivity index (χ1) is 9.95. The van der Waals surface area contributed by atoms with Crippen LogP contribution in [-0.4, -0.2) is 38.1 Å². The zero-order chi connectivity index (χ0) is 15.8. The minimum Gasteiger partial charge on any atom is -0.491 e. The van der Waals surface area contributed by atoms with Crippen LogP contribution in [0.1, 0.15) is 38.3 Å². The van der Waals surface area contributed by atoms with Crippen molar-refractivity contribution < 1.29 is 13.9 Å². The van der Waals surface area contributed by atoms with E-state index in [1.807, 2.05) is 19.9 Å². The summed E-state index contributed by atoms with van der Waals surface area (Å²) in [4.78, 5) is 12.9. The summed E-state index contributed by atoms with van der Waals surface area (Å²) >= 11 is 0. The predicted octanol–water partition coefficient (Wildman–Crippen LogP) is 2.74. The van der Waals surface area contributed by atoms with Gasteiger partial charge >= 0.3 is 0 Å². The van der Waals surface area contributed by atoms with Crippen molar-refractivity contribution in [2.45, 2.75) is 32.7 Å². The molecular formula is C16H25FN2O2. The topological polar surface area (TPSA) is 41.6 Å². The molecule has 0 aliphatic carbocycles. The van der Waals surface area contributed by atoms with Crippen molar-refractivity contribution in [1.82, 2.24) is 10.2 Å². The van der Waals surface area contributed by atoms with E-state index in [1.54, 1.807) is 20.2 Å². The van der Waals surface area contributed by atoms with Gasteiger partial charge in [0.25, 0.3) is 0 Å². The van der Waals surface area contributed by atoms with E-state index in [9.17, 15) is 9.18 Å². The Kier molecular flexibility index (Phi) is 7.15. The van der Waals surface area contributed by atoms with Gasteiger partial charge in [-0.25, -0.2) is 4.39 Å². The molecule has 0 aliphatic rings. The molecule has 21 heavy (non-hydrogen) atoms. The van der Waals surface area contributed by atoms with E-state index in [2.05, 4.69) is 5.32 Å². The summed E-state index contributed by atoms with van der Waals surface area (Å²) in [5, 5.41) is 3.23. The zero-order valence-corrected chi connectivity index (χ0v) is 13.3. The van der Waals surface area contributed by atoms with Gasteiger partial charge in [-0.3, -0.25) is 4.79 Å². The average Bonchev–Trinajstić information content (AvgIpc) is 2.44. The molecule has 0 bridgehead atoms. The van der Waals surface area contributed by atoms with Crippen LogP contribution in [0.25, 0.3) is 0 Å². The minimum atomic E-state index is -0.365. The maximum Gasteiger partial charge on any atom is 0.222 e. The highest BCUT2D eigenvalue weighted by atomic mass is 19.1. The van der Waals surface area contributed by atoms with Crippen LogP contribution in [0.3, 0.4) is 0 Å². The third-order valence-corrected chi connectivity index (χ3v) is 3.26. The van der Waals surface area contributed by atoms with Crippen LogP contribution >= 0.6 is 0 Å². The van der Waals surface area contributed by atoms with Crippen LogP contribution in [0.4, 0.5) is 4.39 Å². The summed E-state index contributed by atoms with van der Waals surface area (Å²) in [6, 6.07) is 5.10. The van der Waals surface area contributed by atoms with Gasteiger partial charge in [0.2, 0.25) is 5.91 Å². The summed E-state index contributed by atoms with van der Waals surface area (Å²) in [7, 11) is 3.43. The molecule has 1 N–H and O–H groups in total. The third-order valence-electron chi connectivity index (χ3n) is 3.26. The largest absolute Gasteiger partial charge is 0.491 e. The number of amides is 1. The summed E-state index contributed by atoms with van der Waals surface area (Å²) in [5.74, 6) is -0.0789. The lowest BCUT2D eigenvalue weighted by Gasteiger charge is -2.14. The summed E-state index contributed by atoms with van der Waals surface area (Å²) < 4.78 is 19.3. The number of ether oxygens (including phenoxy) is 1. The van der Waals surface area contributed by atoms with Gasteiger partial charge in [0.05, 0.1) is 6.61 Å². The van der Waals surface area contributed by atoms with E-state index >= 15 is 0 Å². The number of carbonyl (C=O) groups excluding carboxylic acids is 1. The maximum atomic E-state index is 13.9. The van der Waals surface area contributed by atoms with E-state index in [4.69, 9.17) is 4.74 Å². The molecule has 0 aromatic heterocycles. The second-order valence-corrected chi connectivity index (χ2v) is 5.21. The Morgan fingerprint density at radius 3 is 2.71 bits per heavy atom. The number of nitrogens with zero attached hydrogens (tertiary/aromatic N) is 1. The Balaban J connectivity index is 2.48. The van der Waals surface area contributed by atoms with Crippen molar-refractivity contribution in [2.75, 3.05) is 27.2 Å². The number of hydrogen-bond donors (Lipinski definition) is 1. The molecule has 0 heterocycles. The van der Waals surface area contributed by atoms with Crippen LogP contribution in [0.2, 0.25) is 0 Å². The first-order valence-corrected chi connectivity index (χ1v) is 7.31. The van der Waals surface area contributed by atoms with Crippen molar-refractivity contribution in [1.29, 1.82) is 0 Å². The highest BCUT2D eigenvalue weighted by Gasteiger charge is 2.10. The molecular weight excluding hydrogens is 271 g/mol. The lowest BCUT2D eigenvalue weighted by atomic mass is 10.1. The number of nitrogens with one attached hydrogen (secondary N) is 1. The first kappa shape index (κ1) is 17.4. The molecule has 0 saturated heterocycles. The van der Waals surface area contributed by atoms with Gasteiger partial charge in [-0.1, -0.05) is 13.0 Å². The number of rotatable bonds is 8. The Morgan fingerprint density at radius 1 is 1.43 bits per heavy atom. The molecule has 1 amide bonds. The van der Waals surface area contributed by atoms with Crippen LogP contribution in [0, 0.1) is 5.82 Å². The Labute approximate surface area is 126 Å². The summed E-state index contributed by atoms with van der Waals surface area (Å²) in [5.41, 5.74) is 0.893. The number of carbonyl (C=O) groups is 1. The molecule has 0 radical (unpaired) electrons. The Bertz CT molecular complexity index is 464. The van der Waals surface area contributed by atoms with E-state index < -0.39 is 0 Å². The van der Waals surface area contributed by atoms with Crippen molar-refractivity contribution in [2.24, 2.45) is 0 Å². The maximum absolute atomic E-state index is 13.9. The normalized spacial score (nSPS) is 12.0. The molecule has 118 valence electrons. The van der Waals surface area contributed by atoms with Gasteiger partial charge in [0.15, 0.2) is 11.6 Å². The van der Waals surface area contributed by atoms with Gasteiger partial charge in [0, 0.05) is 26.6 Å². The third kappa shape index (κ3) is 5.71. The van der Waals surface area contributed by atoms with Gasteiger partial charge in [0.1, 0.15) is 0 Å². The molecule has 1 unspecified atom stereocenters. The van der Waals surface area contributed by atoms with Crippen molar-refractivity contribution in [3.05, 3.63) is 29.6 Å². The summed E-state index contributed by atoms with van der Waals surface area (Å²) in [6.07, 6.45) is 0.982. The van der Waals surface area contributed by atoms with Crippen molar-refractivity contribution >= 4 is 5.91 Å². The summed E-state index contributed by atoms with van der Waals surface area (Å²) in [6.45, 7) is 5.17. The Hall–Kier alpha value is -1.62. The van der Waals surface area contributed by atoms with Crippen LogP contribution in [-0.2, 0) is 4.79 Å². The molecule has 5 heteroatoms. The first-order valence-electron chi connectivity index (χ1n) is 7.31. The van der Waals surface area contributed by atoms with Crippen molar-refractivity contribution in [3.8, 4) is 5.75 Å². The fraction of sp³-hybridized carbons (Fsp3) is 0.562. The van der Waals surface area contributed by atoms with Gasteiger partial charge in [-0.2, -0.15) is 0 Å². The van der Waals surface area contributed by atoms with Gasteiger partial charge in [-0.15, -0.1) is 0 Å². The highest BCUT2D eigenvalue weighted by Crippen LogP contribution is 2.22. The van der Waals surface area contributed by atoms with Gasteiger partial charge < -0.3 is 15.0 Å². The van der Waals surface area contributed by atoms with Crippen LogP contribution in [0.5, 0.6) is 5.75 Å². The second kappa shape index (κ2) is 8.62. The standard InChI is InChI=1S/C16H25FN2O2/c1-5-18-12(2)13-8-9-15(14(17)11-13)21-10-6-7-16(20)19(3)4/h8-9,11-12,18H,5-7,10H2,1-4H3. The SMILES string of the molecule is CCNC(C)c1ccc(OCCCC(=O)N(C)C)c(F)c1. The smallest absolute Gasteiger partial charge is 0.222 e. The molecule has 4 nitrogen and oxygen atoms in total. The van der Waals surface area contributed by atoms with Crippen LogP contribution < -0.4 is 10.1 Å². The van der Waals surface area contributed by atoms with E-state index in [0.717, 1.165) is 12.1 Å². The predicted molar refractivity (Wildman–Crippen MR) is 81.9 cm³/mol. The quantitative estimate of drug-likeness (QED) is 0.750. The zero-order valence-electron chi connectivity index (χ0n) is 13.3. The van der Waals surface area contributed by atoms with Crippen LogP contribution in [0.15, 0.2) is 18.2 Å². The molecule has 1 aromatic rings. The van der Waals surface area contributed by atoms with E-state index in [1.165, 1.54) is 11.0 Å². The molecule has 1 rings (SSSR count). The number of benzene rings is 1. The average molecular weight is 296 g/mol. The van der Waals surface area contributed by atoms with E-state index in [-0.39, 0.29) is 23.5 Å². The molecule has 1 aromatic carbocycles. The number of hydrogen-bond acceptors (Lipinski definition) is 3. The van der Waals surface area contributed by atoms with Crippen molar-refractivity contribution in [3.63, 3.8) is 0 Å². The monoisotopic (exact) mass is 296 g/mol. The molecule has 0 aliphatic heterocycles. The lowest BCUT2D eigenvalue weighted by molar-refractivity contribution is -0.128. The van der Waals surface area contributed by atoms with Gasteiger partial charge in [-0.05, 0) is 37.6 Å². The fourth-order valence-corrected chi connectivity index (χ4v) is 1.96. The van der Waals surface area contributed by atoms with E-state index in [0.29, 0.717) is 19.4 Å². The Morgan fingerprint density at radius 2 is 2.14 bits per heavy atom. The minimum absolute atomic E-state index is 0.0499. The lowest BCUT2D eigenvalue weighted by Crippen LogP contribution is -2.21. The molecule has 0 spiro atoms. The molecule has 0 saturated carbocycles. The second-order valence-electron chi connectivity index (χ2n) is 5.21. The molecule has 0 fully saturated rings. The number of halogens is 1. The fourth-order valence-electron chi connectivity index (χ4n) is 1.96. The highest BCUT2D eigenvalue weighted by molar-refractivity contribution is 5.75. The molecule has 1 atom stereocenters.